The highest BCUT2D eigenvalue weighted by atomic mass is 19.1. The minimum absolute atomic E-state index is 0.402. The summed E-state index contributed by atoms with van der Waals surface area (Å²) in [5, 5.41) is 0. The van der Waals surface area contributed by atoms with Gasteiger partial charge in [0.1, 0.15) is 11.3 Å². The molecule has 0 radical (unpaired) electrons. The predicted molar refractivity (Wildman–Crippen MR) is 71.7 cm³/mol. The van der Waals surface area contributed by atoms with Gasteiger partial charge in [0.05, 0.1) is 5.69 Å². The molecule has 100 valence electrons. The summed E-state index contributed by atoms with van der Waals surface area (Å²) in [6, 6.07) is 2.06. The van der Waals surface area contributed by atoms with E-state index >= 15 is 0 Å². The van der Waals surface area contributed by atoms with E-state index in [2.05, 4.69) is 17.2 Å². The van der Waals surface area contributed by atoms with Crippen LogP contribution >= 0.6 is 0 Å². The Hall–Kier alpha value is -1.42. The molecule has 0 aliphatic heterocycles. The van der Waals surface area contributed by atoms with Gasteiger partial charge in [-0.25, -0.2) is 9.37 Å². The van der Waals surface area contributed by atoms with Crippen LogP contribution in [0.3, 0.4) is 0 Å². The summed E-state index contributed by atoms with van der Waals surface area (Å²) in [5.74, 6) is 0.621. The lowest BCUT2D eigenvalue weighted by atomic mass is 9.76. The molecule has 2 N–H and O–H groups in total. The lowest BCUT2D eigenvalue weighted by Gasteiger charge is -2.34. The van der Waals surface area contributed by atoms with Gasteiger partial charge in [-0.1, -0.05) is 0 Å². The Morgan fingerprint density at radius 1 is 1.37 bits per heavy atom. The third-order valence-corrected chi connectivity index (χ3v) is 4.51. The average Bonchev–Trinajstić information content (AvgIpc) is 3.14. The molecule has 3 nitrogen and oxygen atoms in total. The van der Waals surface area contributed by atoms with Gasteiger partial charge in [0, 0.05) is 24.5 Å². The number of nitrogens with two attached hydrogens (primary N) is 1. The first-order valence-electron chi connectivity index (χ1n) is 7.10. The van der Waals surface area contributed by atoms with E-state index in [-0.39, 0.29) is 0 Å². The highest BCUT2D eigenvalue weighted by molar-refractivity contribution is 5.55. The molecule has 0 bridgehead atoms. The van der Waals surface area contributed by atoms with E-state index in [4.69, 9.17) is 5.73 Å². The number of pyridine rings is 1. The van der Waals surface area contributed by atoms with Gasteiger partial charge in [-0.3, -0.25) is 0 Å². The van der Waals surface area contributed by atoms with Gasteiger partial charge >= 0.3 is 0 Å². The standard InChI is InChI=1S/C15H18FN3/c16-15(4-1-5-15)13-6-11(10-2-3-10)8-19-9-12(7-17)18-14(13)19/h6,8-10H,1-5,7,17H2. The van der Waals surface area contributed by atoms with Crippen LogP contribution in [0, 0.1) is 0 Å². The summed E-state index contributed by atoms with van der Waals surface area (Å²) in [5.41, 5.74) is 8.12. The number of hydrogen-bond donors (Lipinski definition) is 1. The largest absolute Gasteiger partial charge is 0.325 e. The third-order valence-electron chi connectivity index (χ3n) is 4.51. The first-order valence-corrected chi connectivity index (χ1v) is 7.10. The molecule has 4 heteroatoms. The molecule has 2 heterocycles. The van der Waals surface area contributed by atoms with Gasteiger partial charge in [0.25, 0.3) is 0 Å². The Morgan fingerprint density at radius 2 is 2.16 bits per heavy atom. The van der Waals surface area contributed by atoms with Crippen LogP contribution in [0.4, 0.5) is 4.39 Å². The van der Waals surface area contributed by atoms with Crippen LogP contribution in [-0.2, 0) is 12.2 Å². The Bertz CT molecular complexity index is 638. The van der Waals surface area contributed by atoms with Crippen LogP contribution in [0.25, 0.3) is 5.65 Å². The molecule has 2 fully saturated rings. The molecule has 2 aromatic rings. The quantitative estimate of drug-likeness (QED) is 0.920. The van der Waals surface area contributed by atoms with Crippen molar-refractivity contribution < 1.29 is 4.39 Å². The van der Waals surface area contributed by atoms with Crippen molar-refractivity contribution >= 4 is 5.65 Å². The molecule has 19 heavy (non-hydrogen) atoms. The second-order valence-electron chi connectivity index (χ2n) is 5.95. The summed E-state index contributed by atoms with van der Waals surface area (Å²) < 4.78 is 16.8. The fourth-order valence-electron chi connectivity index (χ4n) is 3.00. The first-order chi connectivity index (χ1) is 9.19. The second kappa shape index (κ2) is 3.79. The molecule has 0 aromatic carbocycles. The molecule has 0 saturated heterocycles. The molecule has 0 amide bonds. The number of imidazole rings is 1. The van der Waals surface area contributed by atoms with Crippen molar-refractivity contribution in [3.05, 3.63) is 35.3 Å². The zero-order chi connectivity index (χ0) is 13.0. The fraction of sp³-hybridized carbons (Fsp3) is 0.533. The minimum atomic E-state index is -1.16. The maximum atomic E-state index is 14.9. The van der Waals surface area contributed by atoms with Crippen molar-refractivity contribution in [3.8, 4) is 0 Å². The van der Waals surface area contributed by atoms with Crippen LogP contribution in [0.2, 0.25) is 0 Å². The van der Waals surface area contributed by atoms with Crippen molar-refractivity contribution in [1.29, 1.82) is 0 Å². The van der Waals surface area contributed by atoms with Gasteiger partial charge in [-0.15, -0.1) is 0 Å². The van der Waals surface area contributed by atoms with Crippen LogP contribution in [0.1, 0.15) is 54.8 Å². The topological polar surface area (TPSA) is 43.3 Å². The molecule has 0 atom stereocenters. The second-order valence-corrected chi connectivity index (χ2v) is 5.95. The molecule has 2 aromatic heterocycles. The number of fused-ring (bicyclic) bond motifs is 1. The molecule has 0 unspecified atom stereocenters. The number of aromatic nitrogens is 2. The Balaban J connectivity index is 1.94. The maximum absolute atomic E-state index is 14.9. The van der Waals surface area contributed by atoms with Crippen molar-refractivity contribution in [2.45, 2.75) is 50.2 Å². The first kappa shape index (κ1) is 11.4. The van der Waals surface area contributed by atoms with E-state index in [1.165, 1.54) is 18.4 Å². The third kappa shape index (κ3) is 1.70. The van der Waals surface area contributed by atoms with Crippen LogP contribution in [0.15, 0.2) is 18.5 Å². The van der Waals surface area contributed by atoms with Crippen LogP contribution < -0.4 is 5.73 Å². The van der Waals surface area contributed by atoms with Crippen molar-refractivity contribution in [2.24, 2.45) is 5.73 Å². The smallest absolute Gasteiger partial charge is 0.143 e. The molecular weight excluding hydrogens is 241 g/mol. The lowest BCUT2D eigenvalue weighted by molar-refractivity contribution is 0.0619. The SMILES string of the molecule is NCc1cn2cc(C3CC3)cc(C3(F)CCC3)c2n1. The lowest BCUT2D eigenvalue weighted by Crippen LogP contribution is -2.29. The van der Waals surface area contributed by atoms with Gasteiger partial charge in [0.15, 0.2) is 0 Å². The average molecular weight is 259 g/mol. The van der Waals surface area contributed by atoms with Crippen molar-refractivity contribution in [2.75, 3.05) is 0 Å². The maximum Gasteiger partial charge on any atom is 0.143 e. The molecule has 4 rings (SSSR count). The highest BCUT2D eigenvalue weighted by Gasteiger charge is 2.41. The molecular formula is C15H18FN3. The summed E-state index contributed by atoms with van der Waals surface area (Å²) in [4.78, 5) is 4.50. The number of hydrogen-bond acceptors (Lipinski definition) is 2. The zero-order valence-corrected chi connectivity index (χ0v) is 10.9. The van der Waals surface area contributed by atoms with Crippen molar-refractivity contribution in [3.63, 3.8) is 0 Å². The van der Waals surface area contributed by atoms with E-state index in [0.717, 1.165) is 23.3 Å². The summed E-state index contributed by atoms with van der Waals surface area (Å²) in [6.07, 6.45) is 8.72. The number of alkyl halides is 1. The van der Waals surface area contributed by atoms with Gasteiger partial charge in [0.2, 0.25) is 0 Å². The van der Waals surface area contributed by atoms with E-state index < -0.39 is 5.67 Å². The molecule has 2 aliphatic rings. The summed E-state index contributed by atoms with van der Waals surface area (Å²) in [7, 11) is 0. The predicted octanol–water partition coefficient (Wildman–Crippen LogP) is 3.02. The van der Waals surface area contributed by atoms with Crippen LogP contribution in [-0.4, -0.2) is 9.38 Å². The summed E-state index contributed by atoms with van der Waals surface area (Å²) >= 11 is 0. The molecule has 0 spiro atoms. The van der Waals surface area contributed by atoms with Crippen LogP contribution in [0.5, 0.6) is 0 Å². The normalized spacial score (nSPS) is 21.6. The number of nitrogens with zero attached hydrogens (tertiary/aromatic N) is 2. The Morgan fingerprint density at radius 3 is 2.74 bits per heavy atom. The monoisotopic (exact) mass is 259 g/mol. The fourth-order valence-corrected chi connectivity index (χ4v) is 3.00. The Labute approximate surface area is 111 Å². The minimum Gasteiger partial charge on any atom is -0.325 e. The van der Waals surface area contributed by atoms with Gasteiger partial charge in [-0.2, -0.15) is 0 Å². The van der Waals surface area contributed by atoms with E-state index in [0.29, 0.717) is 25.3 Å². The zero-order valence-electron chi connectivity index (χ0n) is 10.9. The van der Waals surface area contributed by atoms with Gasteiger partial charge in [-0.05, 0) is 49.7 Å². The van der Waals surface area contributed by atoms with E-state index in [9.17, 15) is 4.39 Å². The number of rotatable bonds is 3. The summed E-state index contributed by atoms with van der Waals surface area (Å²) in [6.45, 7) is 0.402. The van der Waals surface area contributed by atoms with E-state index in [1.54, 1.807) is 0 Å². The van der Waals surface area contributed by atoms with E-state index in [1.807, 2.05) is 10.6 Å². The number of halogens is 1. The highest BCUT2D eigenvalue weighted by Crippen LogP contribution is 2.48. The Kier molecular flexibility index (Phi) is 2.28. The van der Waals surface area contributed by atoms with Crippen molar-refractivity contribution in [1.82, 2.24) is 9.38 Å². The molecule has 2 saturated carbocycles. The van der Waals surface area contributed by atoms with Gasteiger partial charge < -0.3 is 10.1 Å². The molecule has 2 aliphatic carbocycles.